The van der Waals surface area contributed by atoms with Crippen molar-refractivity contribution in [1.29, 1.82) is 0 Å². The van der Waals surface area contributed by atoms with Crippen LogP contribution in [0.1, 0.15) is 6.92 Å². The van der Waals surface area contributed by atoms with Crippen molar-refractivity contribution in [3.8, 4) is 5.88 Å². The first-order valence-electron chi connectivity index (χ1n) is 5.51. The van der Waals surface area contributed by atoms with Gasteiger partial charge in [-0.2, -0.15) is 4.98 Å². The molecule has 96 valence electrons. The van der Waals surface area contributed by atoms with Crippen LogP contribution < -0.4 is 10.1 Å². The molecule has 6 nitrogen and oxygen atoms in total. The highest BCUT2D eigenvalue weighted by Crippen LogP contribution is 2.08. The summed E-state index contributed by atoms with van der Waals surface area (Å²) >= 11 is 0. The summed E-state index contributed by atoms with van der Waals surface area (Å²) in [6.45, 7) is 3.60. The van der Waals surface area contributed by atoms with Gasteiger partial charge in [-0.05, 0) is 6.92 Å². The van der Waals surface area contributed by atoms with Crippen LogP contribution in [0.4, 0.5) is 5.95 Å². The number of ether oxygens (including phenoxy) is 3. The van der Waals surface area contributed by atoms with Gasteiger partial charge in [0.25, 0.3) is 0 Å². The van der Waals surface area contributed by atoms with E-state index in [0.29, 0.717) is 31.6 Å². The summed E-state index contributed by atoms with van der Waals surface area (Å²) in [4.78, 5) is 8.28. The third-order valence-corrected chi connectivity index (χ3v) is 2.10. The van der Waals surface area contributed by atoms with E-state index in [1.807, 2.05) is 6.92 Å². The third-order valence-electron chi connectivity index (χ3n) is 2.10. The maximum atomic E-state index is 5.28. The predicted octanol–water partition coefficient (Wildman–Crippen LogP) is 0.949. The molecule has 1 aromatic rings. The third kappa shape index (κ3) is 4.97. The highest BCUT2D eigenvalue weighted by molar-refractivity contribution is 5.27. The molecule has 0 aromatic carbocycles. The largest absolute Gasteiger partial charge is 0.478 e. The van der Waals surface area contributed by atoms with Gasteiger partial charge < -0.3 is 19.5 Å². The topological polar surface area (TPSA) is 65.5 Å². The lowest BCUT2D eigenvalue weighted by Gasteiger charge is -2.15. The Morgan fingerprint density at radius 2 is 2.24 bits per heavy atom. The van der Waals surface area contributed by atoms with E-state index in [0.717, 1.165) is 0 Å². The molecule has 1 N–H and O–H groups in total. The minimum absolute atomic E-state index is 0.0284. The summed E-state index contributed by atoms with van der Waals surface area (Å²) in [6.07, 6.45) is 1.62. The number of hydrogen-bond donors (Lipinski definition) is 1. The molecular weight excluding hydrogens is 222 g/mol. The Bertz CT molecular complexity index is 323. The van der Waals surface area contributed by atoms with Gasteiger partial charge in [-0.15, -0.1) is 0 Å². The predicted molar refractivity (Wildman–Crippen MR) is 64.4 cm³/mol. The monoisotopic (exact) mass is 241 g/mol. The Balaban J connectivity index is 2.47. The summed E-state index contributed by atoms with van der Waals surface area (Å²) < 4.78 is 15.5. The molecule has 0 fully saturated rings. The van der Waals surface area contributed by atoms with Crippen LogP contribution in [0.2, 0.25) is 0 Å². The van der Waals surface area contributed by atoms with Gasteiger partial charge in [-0.25, -0.2) is 4.98 Å². The van der Waals surface area contributed by atoms with E-state index in [1.54, 1.807) is 26.5 Å². The molecule has 17 heavy (non-hydrogen) atoms. The molecule has 0 spiro atoms. The van der Waals surface area contributed by atoms with Crippen molar-refractivity contribution in [2.45, 2.75) is 13.0 Å². The second-order valence-corrected chi connectivity index (χ2v) is 3.35. The molecule has 1 aromatic heterocycles. The highest BCUT2D eigenvalue weighted by Gasteiger charge is 2.07. The number of anilines is 1. The Morgan fingerprint density at radius 3 is 2.88 bits per heavy atom. The first kappa shape index (κ1) is 13.7. The van der Waals surface area contributed by atoms with Gasteiger partial charge in [0.1, 0.15) is 0 Å². The van der Waals surface area contributed by atoms with Crippen molar-refractivity contribution in [3.63, 3.8) is 0 Å². The molecule has 1 rings (SSSR count). The molecule has 0 aliphatic carbocycles. The molecule has 0 aliphatic heterocycles. The van der Waals surface area contributed by atoms with E-state index in [4.69, 9.17) is 14.2 Å². The average molecular weight is 241 g/mol. The number of nitrogens with one attached hydrogen (secondary N) is 1. The standard InChI is InChI=1S/C11H19N3O3/c1-4-17-10-5-6-12-11(14-10)13-7-9(16-3)8-15-2/h5-6,9H,4,7-8H2,1-3H3,(H,12,13,14). The summed E-state index contributed by atoms with van der Waals surface area (Å²) in [5.74, 6) is 1.08. The molecule has 0 saturated carbocycles. The molecule has 1 unspecified atom stereocenters. The molecular formula is C11H19N3O3. The minimum Gasteiger partial charge on any atom is -0.478 e. The fourth-order valence-corrected chi connectivity index (χ4v) is 1.26. The highest BCUT2D eigenvalue weighted by atomic mass is 16.5. The maximum Gasteiger partial charge on any atom is 0.226 e. The molecule has 0 radical (unpaired) electrons. The van der Waals surface area contributed by atoms with Crippen LogP contribution in [0, 0.1) is 0 Å². The Kier molecular flexibility index (Phi) is 6.27. The SMILES string of the molecule is CCOc1ccnc(NCC(COC)OC)n1. The first-order chi connectivity index (χ1) is 8.30. The van der Waals surface area contributed by atoms with Gasteiger partial charge in [-0.1, -0.05) is 0 Å². The van der Waals surface area contributed by atoms with E-state index in [1.165, 1.54) is 0 Å². The van der Waals surface area contributed by atoms with E-state index >= 15 is 0 Å². The zero-order valence-electron chi connectivity index (χ0n) is 10.5. The Morgan fingerprint density at radius 1 is 1.41 bits per heavy atom. The summed E-state index contributed by atoms with van der Waals surface area (Å²) in [5.41, 5.74) is 0. The van der Waals surface area contributed by atoms with Crippen molar-refractivity contribution in [2.24, 2.45) is 0 Å². The average Bonchev–Trinajstić information content (AvgIpc) is 2.35. The summed E-state index contributed by atoms with van der Waals surface area (Å²) in [5, 5.41) is 3.07. The maximum absolute atomic E-state index is 5.28. The van der Waals surface area contributed by atoms with Crippen LogP contribution in [0.25, 0.3) is 0 Å². The van der Waals surface area contributed by atoms with Crippen molar-refractivity contribution in [2.75, 3.05) is 39.3 Å². The van der Waals surface area contributed by atoms with E-state index in [9.17, 15) is 0 Å². The molecule has 1 heterocycles. The number of hydrogen-bond acceptors (Lipinski definition) is 6. The Hall–Kier alpha value is -1.40. The second-order valence-electron chi connectivity index (χ2n) is 3.35. The zero-order chi connectivity index (χ0) is 12.5. The van der Waals surface area contributed by atoms with Crippen molar-refractivity contribution < 1.29 is 14.2 Å². The van der Waals surface area contributed by atoms with Crippen LogP contribution in [-0.4, -0.2) is 50.1 Å². The second kappa shape index (κ2) is 7.81. The number of rotatable bonds is 8. The number of aromatic nitrogens is 2. The smallest absolute Gasteiger partial charge is 0.226 e. The van der Waals surface area contributed by atoms with Crippen molar-refractivity contribution >= 4 is 5.95 Å². The van der Waals surface area contributed by atoms with E-state index < -0.39 is 0 Å². The van der Waals surface area contributed by atoms with E-state index in [-0.39, 0.29) is 6.10 Å². The fraction of sp³-hybridized carbons (Fsp3) is 0.636. The van der Waals surface area contributed by atoms with Crippen LogP contribution in [0.3, 0.4) is 0 Å². The fourth-order valence-electron chi connectivity index (χ4n) is 1.26. The quantitative estimate of drug-likeness (QED) is 0.731. The lowest BCUT2D eigenvalue weighted by molar-refractivity contribution is 0.0364. The molecule has 0 bridgehead atoms. The number of methoxy groups -OCH3 is 2. The van der Waals surface area contributed by atoms with Crippen LogP contribution >= 0.6 is 0 Å². The normalized spacial score (nSPS) is 12.2. The van der Waals surface area contributed by atoms with Gasteiger partial charge in [0.15, 0.2) is 0 Å². The lowest BCUT2D eigenvalue weighted by Crippen LogP contribution is -2.27. The molecule has 6 heteroatoms. The lowest BCUT2D eigenvalue weighted by atomic mass is 10.4. The first-order valence-corrected chi connectivity index (χ1v) is 5.51. The molecule has 0 saturated heterocycles. The molecule has 0 amide bonds. The number of nitrogens with zero attached hydrogens (tertiary/aromatic N) is 2. The summed E-state index contributed by atoms with van der Waals surface area (Å²) in [7, 11) is 3.28. The van der Waals surface area contributed by atoms with Gasteiger partial charge in [0, 0.05) is 33.0 Å². The van der Waals surface area contributed by atoms with Gasteiger partial charge in [0.2, 0.25) is 11.8 Å². The Labute approximate surface area is 101 Å². The zero-order valence-corrected chi connectivity index (χ0v) is 10.5. The summed E-state index contributed by atoms with van der Waals surface area (Å²) in [6, 6.07) is 1.72. The van der Waals surface area contributed by atoms with Crippen LogP contribution in [0.15, 0.2) is 12.3 Å². The van der Waals surface area contributed by atoms with Gasteiger partial charge in [-0.3, -0.25) is 0 Å². The van der Waals surface area contributed by atoms with E-state index in [2.05, 4.69) is 15.3 Å². The van der Waals surface area contributed by atoms with Gasteiger partial charge >= 0.3 is 0 Å². The van der Waals surface area contributed by atoms with Crippen molar-refractivity contribution in [1.82, 2.24) is 9.97 Å². The van der Waals surface area contributed by atoms with Crippen LogP contribution in [-0.2, 0) is 9.47 Å². The van der Waals surface area contributed by atoms with Crippen LogP contribution in [0.5, 0.6) is 5.88 Å². The molecule has 0 aliphatic rings. The van der Waals surface area contributed by atoms with Gasteiger partial charge in [0.05, 0.1) is 19.3 Å². The van der Waals surface area contributed by atoms with Crippen molar-refractivity contribution in [3.05, 3.63) is 12.3 Å². The minimum atomic E-state index is -0.0284. The molecule has 1 atom stereocenters.